The number of amides is 1. The summed E-state index contributed by atoms with van der Waals surface area (Å²) in [5.41, 5.74) is -0.880. The Morgan fingerprint density at radius 3 is 2.50 bits per heavy atom. The van der Waals surface area contributed by atoms with Gasteiger partial charge in [-0.25, -0.2) is 4.79 Å². The number of carbonyl (C=O) groups excluding carboxylic acids is 1. The number of halogens is 1. The Bertz CT molecular complexity index is 582. The first-order valence-corrected chi connectivity index (χ1v) is 7.84. The highest BCUT2D eigenvalue weighted by Crippen LogP contribution is 2.29. The van der Waals surface area contributed by atoms with Gasteiger partial charge in [-0.3, -0.25) is 4.79 Å². The van der Waals surface area contributed by atoms with Crippen molar-refractivity contribution >= 4 is 23.5 Å². The largest absolute Gasteiger partial charge is 0.479 e. The van der Waals surface area contributed by atoms with E-state index in [4.69, 9.17) is 11.6 Å². The predicted molar refractivity (Wildman–Crippen MR) is 85.7 cm³/mol. The van der Waals surface area contributed by atoms with Gasteiger partial charge < -0.3 is 10.4 Å². The van der Waals surface area contributed by atoms with Gasteiger partial charge in [-0.1, -0.05) is 42.8 Å². The van der Waals surface area contributed by atoms with Gasteiger partial charge in [0.25, 0.3) is 0 Å². The molecule has 118 valence electrons. The number of hydrogen-bond acceptors (Lipinski definition) is 2. The van der Waals surface area contributed by atoms with Crippen LogP contribution in [-0.4, -0.2) is 17.0 Å². The highest BCUT2D eigenvalue weighted by atomic mass is 35.5. The lowest BCUT2D eigenvalue weighted by atomic mass is 9.85. The van der Waals surface area contributed by atoms with Gasteiger partial charge in [0, 0.05) is 10.9 Å². The van der Waals surface area contributed by atoms with Gasteiger partial charge in [0.15, 0.2) is 5.54 Å². The van der Waals surface area contributed by atoms with Crippen molar-refractivity contribution in [2.24, 2.45) is 5.92 Å². The van der Waals surface area contributed by atoms with Crippen molar-refractivity contribution in [3.05, 3.63) is 47.0 Å². The third-order valence-corrected chi connectivity index (χ3v) is 4.46. The Labute approximate surface area is 135 Å². The highest BCUT2D eigenvalue weighted by molar-refractivity contribution is 6.30. The molecule has 1 aliphatic carbocycles. The number of aliphatic carboxylic acids is 1. The molecule has 0 aromatic heterocycles. The molecule has 0 aliphatic heterocycles. The summed E-state index contributed by atoms with van der Waals surface area (Å²) in [6.45, 7) is 1.75. The fourth-order valence-corrected chi connectivity index (χ4v) is 2.90. The molecule has 1 aromatic carbocycles. The first-order chi connectivity index (χ1) is 10.5. The summed E-state index contributed by atoms with van der Waals surface area (Å²) in [7, 11) is 0. The van der Waals surface area contributed by atoms with Gasteiger partial charge >= 0.3 is 5.97 Å². The maximum Gasteiger partial charge on any atom is 0.334 e. The Kier molecular flexibility index (Phi) is 5.24. The Morgan fingerprint density at radius 1 is 1.32 bits per heavy atom. The number of hydrogen-bond donors (Lipinski definition) is 2. The summed E-state index contributed by atoms with van der Waals surface area (Å²) in [5.74, 6) is -1.43. The number of carbonyl (C=O) groups is 2. The Hall–Kier alpha value is -1.81. The number of allylic oxidation sites excluding steroid dienone is 2. The van der Waals surface area contributed by atoms with Gasteiger partial charge in [0.2, 0.25) is 5.91 Å². The van der Waals surface area contributed by atoms with Crippen molar-refractivity contribution in [3.63, 3.8) is 0 Å². The molecule has 0 spiro atoms. The van der Waals surface area contributed by atoms with Crippen molar-refractivity contribution < 1.29 is 14.7 Å². The van der Waals surface area contributed by atoms with Crippen molar-refractivity contribution in [2.75, 3.05) is 0 Å². The van der Waals surface area contributed by atoms with Crippen LogP contribution in [0.25, 0.3) is 0 Å². The molecule has 1 amide bonds. The summed E-state index contributed by atoms with van der Waals surface area (Å²) in [6.07, 6.45) is 6.55. The molecule has 1 aliphatic rings. The van der Waals surface area contributed by atoms with Gasteiger partial charge in [-0.15, -0.1) is 0 Å². The number of rotatable bonds is 5. The summed E-state index contributed by atoms with van der Waals surface area (Å²) in [6, 6.07) is 6.58. The Balaban J connectivity index is 2.29. The fraction of sp³-hybridized carbons (Fsp3) is 0.412. The van der Waals surface area contributed by atoms with E-state index in [2.05, 4.69) is 5.32 Å². The second-order valence-electron chi connectivity index (χ2n) is 5.54. The lowest BCUT2D eigenvalue weighted by molar-refractivity contribution is -0.149. The van der Waals surface area contributed by atoms with E-state index in [0.717, 1.165) is 12.8 Å². The normalized spacial score (nSPS) is 20.2. The van der Waals surface area contributed by atoms with E-state index >= 15 is 0 Å². The van der Waals surface area contributed by atoms with E-state index in [-0.39, 0.29) is 18.2 Å². The second kappa shape index (κ2) is 6.97. The molecule has 2 rings (SSSR count). The minimum absolute atomic E-state index is 0.164. The molecular weight excluding hydrogens is 302 g/mol. The van der Waals surface area contributed by atoms with E-state index in [0.29, 0.717) is 17.0 Å². The fourth-order valence-electron chi connectivity index (χ4n) is 2.77. The average Bonchev–Trinajstić information content (AvgIpc) is 2.54. The van der Waals surface area contributed by atoms with Crippen LogP contribution in [0.1, 0.15) is 38.2 Å². The highest BCUT2D eigenvalue weighted by Gasteiger charge is 2.41. The lowest BCUT2D eigenvalue weighted by Crippen LogP contribution is -2.53. The summed E-state index contributed by atoms with van der Waals surface area (Å²) in [4.78, 5) is 24.4. The molecule has 0 saturated carbocycles. The summed E-state index contributed by atoms with van der Waals surface area (Å²) in [5, 5.41) is 13.0. The minimum atomic E-state index is -1.41. The third kappa shape index (κ3) is 3.33. The molecular formula is C17H20ClNO3. The van der Waals surface area contributed by atoms with E-state index in [1.807, 2.05) is 12.2 Å². The van der Waals surface area contributed by atoms with Crippen LogP contribution in [0, 0.1) is 5.92 Å². The molecule has 0 radical (unpaired) electrons. The number of carboxylic acid groups (broad SMARTS) is 1. The average molecular weight is 322 g/mol. The van der Waals surface area contributed by atoms with Gasteiger partial charge in [-0.05, 0) is 43.4 Å². The van der Waals surface area contributed by atoms with Gasteiger partial charge in [0.1, 0.15) is 0 Å². The first-order valence-electron chi connectivity index (χ1n) is 7.46. The standard InChI is InChI=1S/C17H20ClNO3/c1-2-17(16(21)22,13-8-10-14(18)11-9-13)19-15(20)12-6-4-3-5-7-12/h3-4,8-12H,2,5-7H2,1H3,(H,19,20)(H,21,22). The van der Waals surface area contributed by atoms with Crippen LogP contribution in [-0.2, 0) is 15.1 Å². The molecule has 5 heteroatoms. The molecule has 2 N–H and O–H groups in total. The topological polar surface area (TPSA) is 66.4 Å². The third-order valence-electron chi connectivity index (χ3n) is 4.21. The van der Waals surface area contributed by atoms with E-state index in [9.17, 15) is 14.7 Å². The molecule has 0 bridgehead atoms. The molecule has 22 heavy (non-hydrogen) atoms. The van der Waals surface area contributed by atoms with E-state index < -0.39 is 11.5 Å². The zero-order chi connectivity index (χ0) is 16.2. The van der Waals surface area contributed by atoms with Crippen LogP contribution >= 0.6 is 11.6 Å². The maximum atomic E-state index is 12.5. The van der Waals surface area contributed by atoms with Crippen molar-refractivity contribution in [2.45, 2.75) is 38.1 Å². The van der Waals surface area contributed by atoms with Crippen LogP contribution in [0.4, 0.5) is 0 Å². The zero-order valence-corrected chi connectivity index (χ0v) is 13.3. The molecule has 1 aromatic rings. The van der Waals surface area contributed by atoms with Gasteiger partial charge in [0.05, 0.1) is 0 Å². The van der Waals surface area contributed by atoms with E-state index in [1.54, 1.807) is 31.2 Å². The first kappa shape index (κ1) is 16.6. The molecule has 0 heterocycles. The van der Waals surface area contributed by atoms with Crippen LogP contribution in [0.3, 0.4) is 0 Å². The number of carboxylic acids is 1. The predicted octanol–water partition coefficient (Wildman–Crippen LogP) is 3.50. The minimum Gasteiger partial charge on any atom is -0.479 e. The van der Waals surface area contributed by atoms with Crippen LogP contribution in [0.15, 0.2) is 36.4 Å². The van der Waals surface area contributed by atoms with Crippen LogP contribution in [0.2, 0.25) is 5.02 Å². The van der Waals surface area contributed by atoms with Crippen molar-refractivity contribution in [1.29, 1.82) is 0 Å². The van der Waals surface area contributed by atoms with Crippen molar-refractivity contribution in [3.8, 4) is 0 Å². The SMILES string of the molecule is CCC(NC(=O)C1CC=CCC1)(C(=O)O)c1ccc(Cl)cc1. The molecule has 4 nitrogen and oxygen atoms in total. The number of nitrogens with one attached hydrogen (secondary N) is 1. The van der Waals surface area contributed by atoms with E-state index in [1.165, 1.54) is 0 Å². The molecule has 2 atom stereocenters. The monoisotopic (exact) mass is 321 g/mol. The summed E-state index contributed by atoms with van der Waals surface area (Å²) < 4.78 is 0. The zero-order valence-electron chi connectivity index (χ0n) is 12.5. The lowest BCUT2D eigenvalue weighted by Gasteiger charge is -2.32. The Morgan fingerprint density at radius 2 is 2.00 bits per heavy atom. The summed E-state index contributed by atoms with van der Waals surface area (Å²) >= 11 is 5.87. The smallest absolute Gasteiger partial charge is 0.334 e. The molecule has 2 unspecified atom stereocenters. The van der Waals surface area contributed by atoms with Crippen LogP contribution < -0.4 is 5.32 Å². The van der Waals surface area contributed by atoms with Gasteiger partial charge in [-0.2, -0.15) is 0 Å². The molecule has 0 saturated heterocycles. The second-order valence-corrected chi connectivity index (χ2v) is 5.98. The number of benzene rings is 1. The molecule has 0 fully saturated rings. The maximum absolute atomic E-state index is 12.5. The quantitative estimate of drug-likeness (QED) is 0.816. The van der Waals surface area contributed by atoms with Crippen molar-refractivity contribution in [1.82, 2.24) is 5.32 Å². The van der Waals surface area contributed by atoms with Crippen LogP contribution in [0.5, 0.6) is 0 Å².